The Morgan fingerprint density at radius 2 is 2.30 bits per heavy atom. The van der Waals surface area contributed by atoms with E-state index in [1.54, 1.807) is 7.11 Å². The van der Waals surface area contributed by atoms with Gasteiger partial charge in [0.15, 0.2) is 5.65 Å². The molecule has 3 rings (SSSR count). The van der Waals surface area contributed by atoms with E-state index in [0.717, 1.165) is 41.0 Å². The topological polar surface area (TPSA) is 39.9 Å². The van der Waals surface area contributed by atoms with Crippen molar-refractivity contribution in [3.05, 3.63) is 22.6 Å². The standard InChI is InChI=1S/C14H17BrClN3O/c1-20-5-4-14(2-3-14)9-19-12(7-16)18-11-6-10(15)8-17-13(11)19/h6,8H,2-5,7,9H2,1H3. The van der Waals surface area contributed by atoms with Crippen molar-refractivity contribution in [2.24, 2.45) is 5.41 Å². The molecule has 0 amide bonds. The lowest BCUT2D eigenvalue weighted by molar-refractivity contribution is 0.167. The van der Waals surface area contributed by atoms with Gasteiger partial charge in [-0.05, 0) is 46.7 Å². The Bertz CT molecular complexity index is 624. The molecule has 0 saturated heterocycles. The first kappa shape index (κ1) is 14.3. The van der Waals surface area contributed by atoms with Gasteiger partial charge in [-0.25, -0.2) is 9.97 Å². The summed E-state index contributed by atoms with van der Waals surface area (Å²) >= 11 is 9.48. The van der Waals surface area contributed by atoms with Crippen LogP contribution in [0.1, 0.15) is 25.1 Å². The largest absolute Gasteiger partial charge is 0.385 e. The number of alkyl halides is 1. The second-order valence-corrected chi connectivity index (χ2v) is 6.67. The Hall–Kier alpha value is -0.650. The number of ether oxygens (including phenoxy) is 1. The quantitative estimate of drug-likeness (QED) is 0.738. The lowest BCUT2D eigenvalue weighted by Crippen LogP contribution is -2.16. The van der Waals surface area contributed by atoms with Gasteiger partial charge in [-0.1, -0.05) is 0 Å². The number of halogens is 2. The van der Waals surface area contributed by atoms with Crippen molar-refractivity contribution in [1.29, 1.82) is 0 Å². The van der Waals surface area contributed by atoms with Crippen LogP contribution < -0.4 is 0 Å². The van der Waals surface area contributed by atoms with Crippen LogP contribution in [-0.4, -0.2) is 28.3 Å². The monoisotopic (exact) mass is 357 g/mol. The van der Waals surface area contributed by atoms with Crippen LogP contribution >= 0.6 is 27.5 Å². The van der Waals surface area contributed by atoms with E-state index < -0.39 is 0 Å². The molecule has 1 fully saturated rings. The third-order valence-electron chi connectivity index (χ3n) is 4.04. The Balaban J connectivity index is 1.94. The van der Waals surface area contributed by atoms with Crippen molar-refractivity contribution >= 4 is 38.7 Å². The predicted molar refractivity (Wildman–Crippen MR) is 82.9 cm³/mol. The molecule has 108 valence electrons. The van der Waals surface area contributed by atoms with Crippen LogP contribution in [0, 0.1) is 5.41 Å². The predicted octanol–water partition coefficient (Wildman–Crippen LogP) is 3.75. The van der Waals surface area contributed by atoms with Crippen molar-refractivity contribution in [1.82, 2.24) is 14.5 Å². The van der Waals surface area contributed by atoms with Gasteiger partial charge < -0.3 is 9.30 Å². The minimum Gasteiger partial charge on any atom is -0.385 e. The molecule has 1 aliphatic rings. The highest BCUT2D eigenvalue weighted by Gasteiger charge is 2.43. The summed E-state index contributed by atoms with van der Waals surface area (Å²) in [6.45, 7) is 1.74. The Morgan fingerprint density at radius 3 is 2.95 bits per heavy atom. The zero-order valence-electron chi connectivity index (χ0n) is 11.4. The number of methoxy groups -OCH3 is 1. The highest BCUT2D eigenvalue weighted by atomic mass is 79.9. The summed E-state index contributed by atoms with van der Waals surface area (Å²) in [4.78, 5) is 9.10. The number of aromatic nitrogens is 3. The third-order valence-corrected chi connectivity index (χ3v) is 4.71. The van der Waals surface area contributed by atoms with Crippen LogP contribution in [0.15, 0.2) is 16.7 Å². The Kier molecular flexibility index (Phi) is 4.02. The first-order chi connectivity index (χ1) is 9.67. The van der Waals surface area contributed by atoms with E-state index in [1.165, 1.54) is 12.8 Å². The molecule has 1 aliphatic carbocycles. The van der Waals surface area contributed by atoms with Gasteiger partial charge in [0.25, 0.3) is 0 Å². The second-order valence-electron chi connectivity index (χ2n) is 5.49. The number of rotatable bonds is 6. The van der Waals surface area contributed by atoms with E-state index >= 15 is 0 Å². The molecule has 4 nitrogen and oxygen atoms in total. The van der Waals surface area contributed by atoms with Gasteiger partial charge in [0.05, 0.1) is 5.88 Å². The van der Waals surface area contributed by atoms with Gasteiger partial charge in [-0.15, -0.1) is 11.6 Å². The average molecular weight is 359 g/mol. The Labute approximate surface area is 131 Å². The fourth-order valence-electron chi connectivity index (χ4n) is 2.62. The summed E-state index contributed by atoms with van der Waals surface area (Å²) in [6, 6.07) is 1.99. The van der Waals surface area contributed by atoms with Crippen molar-refractivity contribution in [2.45, 2.75) is 31.7 Å². The molecule has 6 heteroatoms. The van der Waals surface area contributed by atoms with Crippen LogP contribution in [0.2, 0.25) is 0 Å². The van der Waals surface area contributed by atoms with E-state index in [9.17, 15) is 0 Å². The minimum absolute atomic E-state index is 0.346. The molecule has 2 aromatic heterocycles. The molecule has 0 atom stereocenters. The molecule has 2 aromatic rings. The summed E-state index contributed by atoms with van der Waals surface area (Å²) in [5.74, 6) is 1.31. The first-order valence-corrected chi connectivity index (χ1v) is 8.06. The molecule has 0 unspecified atom stereocenters. The fourth-order valence-corrected chi connectivity index (χ4v) is 3.14. The third kappa shape index (κ3) is 2.71. The number of hydrogen-bond donors (Lipinski definition) is 0. The number of fused-ring (bicyclic) bond motifs is 1. The van der Waals surface area contributed by atoms with Gasteiger partial charge in [0, 0.05) is 30.9 Å². The van der Waals surface area contributed by atoms with Gasteiger partial charge in [-0.2, -0.15) is 0 Å². The molecule has 0 N–H and O–H groups in total. The molecular formula is C14H17BrClN3O. The van der Waals surface area contributed by atoms with Crippen molar-refractivity contribution in [2.75, 3.05) is 13.7 Å². The molecule has 0 aliphatic heterocycles. The fraction of sp³-hybridized carbons (Fsp3) is 0.571. The summed E-state index contributed by atoms with van der Waals surface area (Å²) < 4.78 is 8.34. The number of nitrogens with zero attached hydrogens (tertiary/aromatic N) is 3. The van der Waals surface area contributed by atoms with E-state index in [-0.39, 0.29) is 0 Å². The van der Waals surface area contributed by atoms with Crippen LogP contribution in [0.3, 0.4) is 0 Å². The lowest BCUT2D eigenvalue weighted by Gasteiger charge is -2.17. The summed E-state index contributed by atoms with van der Waals surface area (Å²) in [5, 5.41) is 0. The Morgan fingerprint density at radius 1 is 1.50 bits per heavy atom. The number of imidazole rings is 1. The van der Waals surface area contributed by atoms with E-state index in [4.69, 9.17) is 16.3 Å². The van der Waals surface area contributed by atoms with Crippen LogP contribution in [0.5, 0.6) is 0 Å². The van der Waals surface area contributed by atoms with E-state index in [0.29, 0.717) is 11.3 Å². The summed E-state index contributed by atoms with van der Waals surface area (Å²) in [6.07, 6.45) is 5.39. The van der Waals surface area contributed by atoms with Crippen molar-refractivity contribution in [3.8, 4) is 0 Å². The lowest BCUT2D eigenvalue weighted by atomic mass is 10.0. The molecule has 2 heterocycles. The zero-order chi connectivity index (χ0) is 14.2. The van der Waals surface area contributed by atoms with Crippen LogP contribution in [0.25, 0.3) is 11.2 Å². The van der Waals surface area contributed by atoms with E-state index in [2.05, 4.69) is 30.5 Å². The molecule has 0 bridgehead atoms. The van der Waals surface area contributed by atoms with Gasteiger partial charge in [0.2, 0.25) is 0 Å². The summed E-state index contributed by atoms with van der Waals surface area (Å²) in [7, 11) is 1.76. The first-order valence-electron chi connectivity index (χ1n) is 6.73. The molecule has 0 aromatic carbocycles. The number of hydrogen-bond acceptors (Lipinski definition) is 3. The van der Waals surface area contributed by atoms with Crippen LogP contribution in [-0.2, 0) is 17.2 Å². The normalized spacial score (nSPS) is 16.8. The summed E-state index contributed by atoms with van der Waals surface area (Å²) in [5.41, 5.74) is 2.17. The zero-order valence-corrected chi connectivity index (χ0v) is 13.7. The SMILES string of the molecule is COCCC1(Cn2c(CCl)nc3cc(Br)cnc32)CC1. The van der Waals surface area contributed by atoms with Gasteiger partial charge in [0.1, 0.15) is 11.3 Å². The van der Waals surface area contributed by atoms with Crippen molar-refractivity contribution in [3.63, 3.8) is 0 Å². The molecule has 1 saturated carbocycles. The van der Waals surface area contributed by atoms with Gasteiger partial charge >= 0.3 is 0 Å². The molecular weight excluding hydrogens is 342 g/mol. The second kappa shape index (κ2) is 5.62. The highest BCUT2D eigenvalue weighted by molar-refractivity contribution is 9.10. The smallest absolute Gasteiger partial charge is 0.160 e. The van der Waals surface area contributed by atoms with Crippen molar-refractivity contribution < 1.29 is 4.74 Å². The molecule has 0 radical (unpaired) electrons. The minimum atomic E-state index is 0.346. The maximum absolute atomic E-state index is 6.05. The molecule has 0 spiro atoms. The maximum atomic E-state index is 6.05. The van der Waals surface area contributed by atoms with Crippen LogP contribution in [0.4, 0.5) is 0 Å². The maximum Gasteiger partial charge on any atom is 0.160 e. The highest BCUT2D eigenvalue weighted by Crippen LogP contribution is 2.50. The van der Waals surface area contributed by atoms with E-state index in [1.807, 2.05) is 12.3 Å². The van der Waals surface area contributed by atoms with Gasteiger partial charge in [-0.3, -0.25) is 0 Å². The average Bonchev–Trinajstić information content (AvgIpc) is 3.13. The molecule has 20 heavy (non-hydrogen) atoms. The number of pyridine rings is 1.